The summed E-state index contributed by atoms with van der Waals surface area (Å²) in [5, 5.41) is 3.93. The third kappa shape index (κ3) is 6.83. The third-order valence-electron chi connectivity index (χ3n) is 7.71. The Kier molecular flexibility index (Phi) is 9.25. The summed E-state index contributed by atoms with van der Waals surface area (Å²) in [7, 11) is 3.34. The number of nitrogens with one attached hydrogen (secondary N) is 1. The molecule has 0 amide bonds. The van der Waals surface area contributed by atoms with Crippen molar-refractivity contribution in [3.63, 3.8) is 0 Å². The van der Waals surface area contributed by atoms with E-state index in [0.29, 0.717) is 36.9 Å². The first-order valence-electron chi connectivity index (χ1n) is 14.5. The summed E-state index contributed by atoms with van der Waals surface area (Å²) >= 11 is 6.68. The second-order valence-corrected chi connectivity index (χ2v) is 12.2. The molecular formula is C33H40ClN3O5. The van der Waals surface area contributed by atoms with Crippen LogP contribution in [0, 0.1) is 5.92 Å². The lowest BCUT2D eigenvalue weighted by molar-refractivity contribution is -0.165. The van der Waals surface area contributed by atoms with E-state index in [9.17, 15) is 4.79 Å². The molecule has 9 heteroatoms. The smallest absolute Gasteiger partial charge is 0.312 e. The highest BCUT2D eigenvalue weighted by Gasteiger charge is 2.37. The van der Waals surface area contributed by atoms with Gasteiger partial charge >= 0.3 is 5.97 Å². The summed E-state index contributed by atoms with van der Waals surface area (Å²) < 4.78 is 23.5. The second-order valence-electron chi connectivity index (χ2n) is 11.8. The van der Waals surface area contributed by atoms with Gasteiger partial charge in [0, 0.05) is 37.9 Å². The standard InChI is InChI=1S/C33H40ClN3O5/c1-33(2,3)42-32(38)24-13-15-37(19-29(24)40-5)30-11-7-10-27(36-30)23-8-6-9-26(34)31(23)41-20-21-16-22-12-14-35-18-25(22)28(17-21)39-4/h6-11,16-17,24,29,35H,12-15,18-20H2,1-5H3/t24-,29+/m1/s1. The first-order valence-corrected chi connectivity index (χ1v) is 14.8. The van der Waals surface area contributed by atoms with Crippen LogP contribution >= 0.6 is 11.6 Å². The number of aromatic nitrogens is 1. The fraction of sp³-hybridized carbons (Fsp3) is 0.455. The van der Waals surface area contributed by atoms with Gasteiger partial charge in [-0.3, -0.25) is 4.79 Å². The van der Waals surface area contributed by atoms with Crippen LogP contribution in [0.4, 0.5) is 5.82 Å². The van der Waals surface area contributed by atoms with Crippen molar-refractivity contribution < 1.29 is 23.7 Å². The van der Waals surface area contributed by atoms with Crippen LogP contribution in [0.3, 0.4) is 0 Å². The lowest BCUT2D eigenvalue weighted by Crippen LogP contribution is -2.49. The number of fused-ring (bicyclic) bond motifs is 1. The average Bonchev–Trinajstić information content (AvgIpc) is 2.98. The molecule has 0 spiro atoms. The molecular weight excluding hydrogens is 554 g/mol. The van der Waals surface area contributed by atoms with Gasteiger partial charge in [0.15, 0.2) is 0 Å². The highest BCUT2D eigenvalue weighted by atomic mass is 35.5. The molecule has 2 aromatic carbocycles. The van der Waals surface area contributed by atoms with Gasteiger partial charge in [0.1, 0.15) is 29.5 Å². The van der Waals surface area contributed by atoms with E-state index < -0.39 is 5.60 Å². The van der Waals surface area contributed by atoms with Crippen molar-refractivity contribution in [2.75, 3.05) is 38.8 Å². The normalized spacial score (nSPS) is 18.8. The molecule has 2 aliphatic heterocycles. The molecule has 2 atom stereocenters. The molecule has 0 bridgehead atoms. The number of hydrogen-bond donors (Lipinski definition) is 1. The van der Waals surface area contributed by atoms with Crippen molar-refractivity contribution in [2.45, 2.75) is 58.5 Å². The van der Waals surface area contributed by atoms with Crippen LogP contribution in [0.25, 0.3) is 11.3 Å². The molecule has 1 saturated heterocycles. The number of pyridine rings is 1. The van der Waals surface area contributed by atoms with E-state index in [4.69, 9.17) is 35.5 Å². The molecule has 1 aromatic heterocycles. The van der Waals surface area contributed by atoms with Crippen LogP contribution in [-0.2, 0) is 33.8 Å². The zero-order valence-electron chi connectivity index (χ0n) is 25.0. The van der Waals surface area contributed by atoms with Crippen molar-refractivity contribution in [3.05, 3.63) is 70.2 Å². The number of benzene rings is 2. The fourth-order valence-corrected chi connectivity index (χ4v) is 5.89. The highest BCUT2D eigenvalue weighted by Crippen LogP contribution is 2.38. The summed E-state index contributed by atoms with van der Waals surface area (Å²) in [6.45, 7) is 8.94. The van der Waals surface area contributed by atoms with Crippen LogP contribution in [0.2, 0.25) is 5.02 Å². The first-order chi connectivity index (χ1) is 20.2. The lowest BCUT2D eigenvalue weighted by atomic mass is 9.93. The molecule has 8 nitrogen and oxygen atoms in total. The number of esters is 1. The molecule has 5 rings (SSSR count). The molecule has 2 aliphatic rings. The van der Waals surface area contributed by atoms with Gasteiger partial charge in [-0.15, -0.1) is 0 Å². The molecule has 1 N–H and O–H groups in total. The molecule has 0 saturated carbocycles. The minimum atomic E-state index is -0.539. The monoisotopic (exact) mass is 593 g/mol. The molecule has 42 heavy (non-hydrogen) atoms. The Hall–Kier alpha value is -3.33. The average molecular weight is 594 g/mol. The maximum absolute atomic E-state index is 12.8. The molecule has 0 unspecified atom stereocenters. The number of rotatable bonds is 8. The van der Waals surface area contributed by atoms with E-state index >= 15 is 0 Å². The highest BCUT2D eigenvalue weighted by molar-refractivity contribution is 6.32. The number of piperidine rings is 1. The number of methoxy groups -OCH3 is 2. The van der Waals surface area contributed by atoms with Crippen molar-refractivity contribution in [2.24, 2.45) is 5.92 Å². The zero-order chi connectivity index (χ0) is 29.9. The van der Waals surface area contributed by atoms with Gasteiger partial charge in [-0.1, -0.05) is 29.8 Å². The van der Waals surface area contributed by atoms with Gasteiger partial charge in [-0.2, -0.15) is 0 Å². The number of halogens is 1. The maximum Gasteiger partial charge on any atom is 0.312 e. The van der Waals surface area contributed by atoms with Gasteiger partial charge in [0.05, 0.1) is 29.8 Å². The summed E-state index contributed by atoms with van der Waals surface area (Å²) in [6, 6.07) is 15.8. The Morgan fingerprint density at radius 3 is 2.71 bits per heavy atom. The maximum atomic E-state index is 12.8. The van der Waals surface area contributed by atoms with Crippen molar-refractivity contribution in [1.29, 1.82) is 0 Å². The number of ether oxygens (including phenoxy) is 4. The molecule has 3 aromatic rings. The quantitative estimate of drug-likeness (QED) is 0.327. The topological polar surface area (TPSA) is 82.2 Å². The summed E-state index contributed by atoms with van der Waals surface area (Å²) in [6.07, 6.45) is 1.27. The summed E-state index contributed by atoms with van der Waals surface area (Å²) in [4.78, 5) is 20.0. The van der Waals surface area contributed by atoms with Crippen LogP contribution in [0.1, 0.15) is 43.9 Å². The number of nitrogens with zero attached hydrogens (tertiary/aromatic N) is 2. The third-order valence-corrected chi connectivity index (χ3v) is 8.01. The Morgan fingerprint density at radius 2 is 1.95 bits per heavy atom. The summed E-state index contributed by atoms with van der Waals surface area (Å²) in [5.74, 6) is 1.72. The number of carbonyl (C=O) groups excluding carboxylic acids is 1. The van der Waals surface area contributed by atoms with Gasteiger partial charge in [-0.25, -0.2) is 4.98 Å². The van der Waals surface area contributed by atoms with E-state index in [1.807, 2.05) is 63.2 Å². The zero-order valence-corrected chi connectivity index (χ0v) is 25.8. The van der Waals surface area contributed by atoms with Crippen molar-refractivity contribution in [1.82, 2.24) is 10.3 Å². The molecule has 0 radical (unpaired) electrons. The predicted octanol–water partition coefficient (Wildman–Crippen LogP) is 5.82. The Labute approximate surface area is 253 Å². The van der Waals surface area contributed by atoms with Crippen molar-refractivity contribution >= 4 is 23.4 Å². The first kappa shape index (κ1) is 30.1. The van der Waals surface area contributed by atoms with Gasteiger partial charge in [0.25, 0.3) is 0 Å². The number of carbonyl (C=O) groups is 1. The van der Waals surface area contributed by atoms with E-state index in [-0.39, 0.29) is 18.0 Å². The molecule has 3 heterocycles. The molecule has 0 aliphatic carbocycles. The SMILES string of the molecule is COc1cc(COc2c(Cl)cccc2-c2cccc(N3CC[C@@H](C(=O)OC(C)(C)C)[C@@H](OC)C3)n2)cc2c1CNCC2. The Morgan fingerprint density at radius 1 is 1.14 bits per heavy atom. The molecule has 224 valence electrons. The number of anilines is 1. The largest absolute Gasteiger partial charge is 0.496 e. The van der Waals surface area contributed by atoms with Crippen molar-refractivity contribution in [3.8, 4) is 22.8 Å². The van der Waals surface area contributed by atoms with Crippen LogP contribution < -0.4 is 19.7 Å². The second kappa shape index (κ2) is 12.9. The van der Waals surface area contributed by atoms with Crippen LogP contribution in [-0.4, -0.2) is 56.5 Å². The minimum Gasteiger partial charge on any atom is -0.496 e. The minimum absolute atomic E-state index is 0.218. The fourth-order valence-electron chi connectivity index (χ4n) is 5.66. The van der Waals surface area contributed by atoms with Gasteiger partial charge in [-0.05, 0) is 81.6 Å². The number of hydrogen-bond acceptors (Lipinski definition) is 8. The lowest BCUT2D eigenvalue weighted by Gasteiger charge is -2.38. The van der Waals surface area contributed by atoms with E-state index in [2.05, 4.69) is 16.3 Å². The Bertz CT molecular complexity index is 1410. The van der Waals surface area contributed by atoms with E-state index in [0.717, 1.165) is 47.9 Å². The Balaban J connectivity index is 1.35. The van der Waals surface area contributed by atoms with Crippen LogP contribution in [0.15, 0.2) is 48.5 Å². The number of para-hydroxylation sites is 1. The van der Waals surface area contributed by atoms with Crippen LogP contribution in [0.5, 0.6) is 11.5 Å². The van der Waals surface area contributed by atoms with Gasteiger partial charge < -0.3 is 29.2 Å². The van der Waals surface area contributed by atoms with Gasteiger partial charge in [0.2, 0.25) is 0 Å². The predicted molar refractivity (Wildman–Crippen MR) is 164 cm³/mol. The summed E-state index contributed by atoms with van der Waals surface area (Å²) in [5.41, 5.74) is 4.54. The molecule has 1 fully saturated rings. The van der Waals surface area contributed by atoms with E-state index in [1.54, 1.807) is 14.2 Å². The van der Waals surface area contributed by atoms with E-state index in [1.165, 1.54) is 11.1 Å².